The first-order valence-electron chi connectivity index (χ1n) is 23.0. The maximum Gasteiger partial charge on any atom is 0.328 e. The number of amides is 9. The lowest BCUT2D eigenvalue weighted by atomic mass is 9.96. The Balaban J connectivity index is 2.29. The van der Waals surface area contributed by atoms with E-state index in [9.17, 15) is 73.2 Å². The van der Waals surface area contributed by atoms with Crippen molar-refractivity contribution in [1.82, 2.24) is 57.8 Å². The molecular formula is C45H68N12O15. The highest BCUT2D eigenvalue weighted by Gasteiger charge is 2.37. The standard InChI is InChI=1S/C45H68N12O15/c1-8-22(4)35(56-38(64)24(6)51-40(66)31(17-34(61)62)52-37(63)23(5)50-39(65)29(49-21(2)3)15-27-18-47-20-48-27)43(69)53-28(14-26-12-10-9-11-13-26)42(68)57-36(25(7)59)44(70)54-30(16-33(46)60)41(67)55-32(19-58)45(71)72/h9-13,18,20-25,28-32,35-36,49,58-59H,8,14-17,19H2,1-7H3,(H2,46,60)(H,47,48)(H,50,65)(H,51,66)(H,52,63)(H,53,69)(H,54,70)(H,55,67)(H,56,64)(H,57,68)(H,61,62)(H,71,72)/t22-,23-,24-,25+,28-,29-,30-,31-,32-,35-,36-/m0/s1. The van der Waals surface area contributed by atoms with Crippen molar-refractivity contribution in [2.75, 3.05) is 6.61 Å². The molecule has 0 aliphatic rings. The molecule has 0 saturated heterocycles. The smallest absolute Gasteiger partial charge is 0.328 e. The molecule has 0 spiro atoms. The molecule has 1 aromatic heterocycles. The number of primary amides is 1. The number of aliphatic carboxylic acids is 2. The predicted molar refractivity (Wildman–Crippen MR) is 253 cm³/mol. The van der Waals surface area contributed by atoms with Crippen LogP contribution in [0.15, 0.2) is 42.9 Å². The number of rotatable bonds is 31. The van der Waals surface area contributed by atoms with Gasteiger partial charge in [0.05, 0.1) is 37.9 Å². The lowest BCUT2D eigenvalue weighted by Gasteiger charge is -2.29. The summed E-state index contributed by atoms with van der Waals surface area (Å²) in [6, 6.07) is -5.64. The number of hydrogen-bond donors (Lipinski definition) is 15. The SMILES string of the molecule is CC[C@H](C)[C@H](NC(=O)[C@H](C)NC(=O)[C@H](CC(=O)O)NC(=O)[C@H](C)NC(=O)[C@H](Cc1cnc[nH]1)NC(C)C)C(=O)N[C@@H](Cc1ccccc1)C(=O)N[C@H](C(=O)N[C@@H](CC(N)=O)C(=O)N[C@@H](CO)C(=O)O)[C@@H](C)O. The minimum atomic E-state index is -1.87. The van der Waals surface area contributed by atoms with Crippen molar-refractivity contribution in [3.8, 4) is 0 Å². The van der Waals surface area contributed by atoms with E-state index < -0.39 is 151 Å². The molecule has 9 amide bonds. The first kappa shape index (κ1) is 60.6. The highest BCUT2D eigenvalue weighted by Crippen LogP contribution is 2.12. The van der Waals surface area contributed by atoms with Gasteiger partial charge in [-0.25, -0.2) is 9.78 Å². The molecule has 16 N–H and O–H groups in total. The highest BCUT2D eigenvalue weighted by atomic mass is 16.4. The van der Waals surface area contributed by atoms with Gasteiger partial charge in [0, 0.05) is 30.8 Å². The third-order valence-corrected chi connectivity index (χ3v) is 11.0. The third kappa shape index (κ3) is 20.4. The van der Waals surface area contributed by atoms with Crippen molar-refractivity contribution in [3.05, 3.63) is 54.1 Å². The molecule has 0 saturated carbocycles. The van der Waals surface area contributed by atoms with Gasteiger partial charge in [0.2, 0.25) is 53.2 Å². The number of carboxylic acids is 2. The average Bonchev–Trinajstić information content (AvgIpc) is 3.82. The van der Waals surface area contributed by atoms with Crippen LogP contribution in [0.4, 0.5) is 0 Å². The molecule has 2 aromatic rings. The van der Waals surface area contributed by atoms with Crippen LogP contribution in [0.1, 0.15) is 79.0 Å². The molecule has 398 valence electrons. The van der Waals surface area contributed by atoms with Gasteiger partial charge in [0.15, 0.2) is 0 Å². The van der Waals surface area contributed by atoms with Gasteiger partial charge in [-0.05, 0) is 32.3 Å². The molecule has 27 heteroatoms. The summed E-state index contributed by atoms with van der Waals surface area (Å²) in [6.45, 7) is 9.53. The minimum Gasteiger partial charge on any atom is -0.481 e. The molecule has 0 unspecified atom stereocenters. The Morgan fingerprint density at radius 3 is 1.58 bits per heavy atom. The fourth-order valence-corrected chi connectivity index (χ4v) is 6.78. The number of benzene rings is 1. The van der Waals surface area contributed by atoms with Crippen molar-refractivity contribution in [3.63, 3.8) is 0 Å². The molecular weight excluding hydrogens is 949 g/mol. The van der Waals surface area contributed by atoms with Crippen molar-refractivity contribution in [2.45, 2.75) is 147 Å². The fraction of sp³-hybridized carbons (Fsp3) is 0.556. The van der Waals surface area contributed by atoms with E-state index >= 15 is 0 Å². The summed E-state index contributed by atoms with van der Waals surface area (Å²) in [7, 11) is 0. The Bertz CT molecular complexity index is 2190. The van der Waals surface area contributed by atoms with Gasteiger partial charge >= 0.3 is 11.9 Å². The molecule has 1 aromatic carbocycles. The van der Waals surface area contributed by atoms with Crippen LogP contribution in [0.2, 0.25) is 0 Å². The normalized spacial score (nSPS) is 15.7. The summed E-state index contributed by atoms with van der Waals surface area (Å²) in [5.74, 6) is -12.8. The summed E-state index contributed by atoms with van der Waals surface area (Å²) in [6.07, 6.45) is -0.248. The van der Waals surface area contributed by atoms with Gasteiger partial charge in [-0.15, -0.1) is 0 Å². The number of aromatic amines is 1. The summed E-state index contributed by atoms with van der Waals surface area (Å²) in [4.78, 5) is 150. The first-order valence-corrected chi connectivity index (χ1v) is 23.0. The number of nitrogens with two attached hydrogens (primary N) is 1. The van der Waals surface area contributed by atoms with Crippen LogP contribution in [-0.4, -0.2) is 169 Å². The van der Waals surface area contributed by atoms with E-state index in [1.807, 2.05) is 19.2 Å². The van der Waals surface area contributed by atoms with E-state index in [4.69, 9.17) is 5.73 Å². The third-order valence-electron chi connectivity index (χ3n) is 11.0. The summed E-state index contributed by atoms with van der Waals surface area (Å²) in [5, 5.41) is 60.6. The maximum atomic E-state index is 14.1. The lowest BCUT2D eigenvalue weighted by Crippen LogP contribution is -2.62. The quantitative estimate of drug-likeness (QED) is 0.0338. The van der Waals surface area contributed by atoms with E-state index in [0.717, 1.165) is 6.92 Å². The van der Waals surface area contributed by atoms with Gasteiger partial charge < -0.3 is 79.0 Å². The Morgan fingerprint density at radius 2 is 1.08 bits per heavy atom. The number of aromatic nitrogens is 2. The molecule has 11 atom stereocenters. The Hall–Kier alpha value is -7.52. The van der Waals surface area contributed by atoms with Gasteiger partial charge in [-0.3, -0.25) is 47.9 Å². The molecule has 27 nitrogen and oxygen atoms in total. The van der Waals surface area contributed by atoms with E-state index in [1.165, 1.54) is 26.4 Å². The molecule has 1 heterocycles. The van der Waals surface area contributed by atoms with Crippen LogP contribution in [0.25, 0.3) is 0 Å². The number of carbonyl (C=O) groups excluding carboxylic acids is 9. The van der Waals surface area contributed by atoms with Gasteiger partial charge in [-0.1, -0.05) is 64.4 Å². The number of imidazole rings is 1. The zero-order valence-electron chi connectivity index (χ0n) is 41.0. The van der Waals surface area contributed by atoms with Crippen LogP contribution in [0, 0.1) is 5.92 Å². The number of nitrogens with one attached hydrogen (secondary N) is 10. The van der Waals surface area contributed by atoms with Gasteiger partial charge in [0.1, 0.15) is 48.3 Å². The molecule has 0 fully saturated rings. The number of aliphatic hydroxyl groups excluding tert-OH is 2. The zero-order chi connectivity index (χ0) is 54.4. The number of nitrogens with zero attached hydrogens (tertiary/aromatic N) is 1. The van der Waals surface area contributed by atoms with Gasteiger partial charge in [-0.2, -0.15) is 0 Å². The molecule has 0 bridgehead atoms. The predicted octanol–water partition coefficient (Wildman–Crippen LogP) is -4.67. The lowest BCUT2D eigenvalue weighted by molar-refractivity contribution is -0.143. The van der Waals surface area contributed by atoms with E-state index in [1.54, 1.807) is 44.2 Å². The monoisotopic (exact) mass is 1020 g/mol. The van der Waals surface area contributed by atoms with Crippen molar-refractivity contribution >= 4 is 65.1 Å². The van der Waals surface area contributed by atoms with Crippen LogP contribution >= 0.6 is 0 Å². The summed E-state index contributed by atoms with van der Waals surface area (Å²) in [5.41, 5.74) is 6.38. The molecule has 2 rings (SSSR count). The minimum absolute atomic E-state index is 0.133. The van der Waals surface area contributed by atoms with Crippen molar-refractivity contribution in [1.29, 1.82) is 0 Å². The molecule has 0 aliphatic heterocycles. The number of aliphatic hydroxyl groups is 2. The topological polar surface area (TPSA) is 432 Å². The Kier molecular flexibility index (Phi) is 24.9. The maximum absolute atomic E-state index is 14.1. The molecule has 0 radical (unpaired) electrons. The largest absolute Gasteiger partial charge is 0.481 e. The van der Waals surface area contributed by atoms with Crippen LogP contribution in [-0.2, 0) is 65.6 Å². The zero-order valence-corrected chi connectivity index (χ0v) is 41.0. The molecule has 72 heavy (non-hydrogen) atoms. The first-order chi connectivity index (χ1) is 33.8. The number of carbonyl (C=O) groups is 11. The highest BCUT2D eigenvalue weighted by molar-refractivity contribution is 5.99. The number of H-pyrrole nitrogens is 1. The Labute approximate surface area is 414 Å². The summed E-state index contributed by atoms with van der Waals surface area (Å²) < 4.78 is 0. The molecule has 0 aliphatic carbocycles. The Morgan fingerprint density at radius 1 is 0.597 bits per heavy atom. The van der Waals surface area contributed by atoms with Gasteiger partial charge in [0.25, 0.3) is 0 Å². The summed E-state index contributed by atoms with van der Waals surface area (Å²) >= 11 is 0. The second-order valence-electron chi connectivity index (χ2n) is 17.4. The second-order valence-corrected chi connectivity index (χ2v) is 17.4. The van der Waals surface area contributed by atoms with Crippen molar-refractivity contribution < 1.29 is 73.2 Å². The van der Waals surface area contributed by atoms with E-state index in [0.29, 0.717) is 11.3 Å². The average molecular weight is 1020 g/mol. The van der Waals surface area contributed by atoms with Crippen LogP contribution < -0.4 is 53.6 Å². The van der Waals surface area contributed by atoms with E-state index in [2.05, 4.69) is 52.5 Å². The second kappa shape index (κ2) is 29.6. The van der Waals surface area contributed by atoms with Crippen LogP contribution in [0.3, 0.4) is 0 Å². The number of carboxylic acid groups (broad SMARTS) is 2. The van der Waals surface area contributed by atoms with Crippen molar-refractivity contribution in [2.24, 2.45) is 11.7 Å². The van der Waals surface area contributed by atoms with Crippen LogP contribution in [0.5, 0.6) is 0 Å². The fourth-order valence-electron chi connectivity index (χ4n) is 6.78. The van der Waals surface area contributed by atoms with E-state index in [-0.39, 0.29) is 25.3 Å². The number of hydrogen-bond acceptors (Lipinski definition) is 15.